The van der Waals surface area contributed by atoms with Crippen molar-refractivity contribution in [3.63, 3.8) is 0 Å². The lowest BCUT2D eigenvalue weighted by Gasteiger charge is -2.19. The van der Waals surface area contributed by atoms with Crippen molar-refractivity contribution in [1.82, 2.24) is 10.2 Å². The molecule has 1 saturated heterocycles. The maximum absolute atomic E-state index is 11.0. The van der Waals surface area contributed by atoms with Gasteiger partial charge >= 0.3 is 0 Å². The monoisotopic (exact) mass is 201 g/mol. The molecule has 1 rings (SSSR count). The van der Waals surface area contributed by atoms with Crippen LogP contribution in [0.4, 0.5) is 0 Å². The summed E-state index contributed by atoms with van der Waals surface area (Å²) in [5.41, 5.74) is 3.58. The average Bonchev–Trinajstić information content (AvgIpc) is 2.49. The smallest absolute Gasteiger partial charge is 0.250 e. The lowest BCUT2D eigenvalue weighted by atomic mass is 10.0. The highest BCUT2D eigenvalue weighted by molar-refractivity contribution is 5.84. The second-order valence-corrected chi connectivity index (χ2v) is 3.53. The number of carbonyl (C=O) groups excluding carboxylic acids is 2. The number of nitrogens with zero attached hydrogens (tertiary/aromatic N) is 1. The fraction of sp³-hybridized carbons (Fsp3) is 0.750. The van der Waals surface area contributed by atoms with Gasteiger partial charge in [-0.2, -0.15) is 0 Å². The van der Waals surface area contributed by atoms with E-state index in [2.05, 4.69) is 5.32 Å². The molecule has 1 fully saturated rings. The van der Waals surface area contributed by atoms with Gasteiger partial charge in [0.15, 0.2) is 5.60 Å². The van der Waals surface area contributed by atoms with Crippen molar-refractivity contribution < 1.29 is 14.7 Å². The number of primary amides is 1. The first-order valence-corrected chi connectivity index (χ1v) is 4.43. The van der Waals surface area contributed by atoms with Crippen molar-refractivity contribution in [2.75, 3.05) is 26.7 Å². The summed E-state index contributed by atoms with van der Waals surface area (Å²) < 4.78 is 0. The summed E-state index contributed by atoms with van der Waals surface area (Å²) in [4.78, 5) is 23.6. The molecule has 0 aromatic rings. The molecule has 1 aliphatic rings. The molecule has 1 unspecified atom stereocenters. The zero-order valence-corrected chi connectivity index (χ0v) is 8.12. The predicted molar refractivity (Wildman–Crippen MR) is 49.3 cm³/mol. The normalized spacial score (nSPS) is 27.6. The molecule has 0 spiro atoms. The topological polar surface area (TPSA) is 95.7 Å². The van der Waals surface area contributed by atoms with Gasteiger partial charge in [0.1, 0.15) is 0 Å². The molecular weight excluding hydrogens is 186 g/mol. The Bertz CT molecular complexity index is 256. The standard InChI is InChI=1S/C8H15N3O3/c1-10-6(12)4-11-3-2-8(14,5-11)7(9)13/h14H,2-5H2,1H3,(H2,9,13)(H,10,12). The van der Waals surface area contributed by atoms with Crippen LogP contribution in [0, 0.1) is 0 Å². The van der Waals surface area contributed by atoms with Crippen LogP contribution < -0.4 is 11.1 Å². The van der Waals surface area contributed by atoms with Crippen LogP contribution in [0.3, 0.4) is 0 Å². The number of hydrogen-bond donors (Lipinski definition) is 3. The van der Waals surface area contributed by atoms with E-state index in [0.29, 0.717) is 13.0 Å². The van der Waals surface area contributed by atoms with Gasteiger partial charge in [-0.15, -0.1) is 0 Å². The van der Waals surface area contributed by atoms with E-state index in [1.165, 1.54) is 0 Å². The Hall–Kier alpha value is -1.14. The fourth-order valence-corrected chi connectivity index (χ4v) is 1.49. The van der Waals surface area contributed by atoms with Gasteiger partial charge in [-0.3, -0.25) is 14.5 Å². The zero-order valence-electron chi connectivity index (χ0n) is 8.12. The molecule has 1 aliphatic heterocycles. The predicted octanol–water partition coefficient (Wildman–Crippen LogP) is -2.35. The first-order chi connectivity index (χ1) is 6.48. The third-order valence-electron chi connectivity index (χ3n) is 2.43. The minimum absolute atomic E-state index is 0.135. The van der Waals surface area contributed by atoms with Crippen molar-refractivity contribution in [2.24, 2.45) is 5.73 Å². The van der Waals surface area contributed by atoms with E-state index in [9.17, 15) is 14.7 Å². The minimum atomic E-state index is -1.46. The summed E-state index contributed by atoms with van der Waals surface area (Å²) in [6.07, 6.45) is 0.291. The Morgan fingerprint density at radius 1 is 1.64 bits per heavy atom. The molecule has 80 valence electrons. The third kappa shape index (κ3) is 2.21. The highest BCUT2D eigenvalue weighted by Crippen LogP contribution is 2.20. The summed E-state index contributed by atoms with van der Waals surface area (Å²) in [5, 5.41) is 12.1. The van der Waals surface area contributed by atoms with E-state index in [1.54, 1.807) is 11.9 Å². The van der Waals surface area contributed by atoms with E-state index in [4.69, 9.17) is 5.73 Å². The zero-order chi connectivity index (χ0) is 10.8. The molecule has 0 aromatic heterocycles. The largest absolute Gasteiger partial charge is 0.379 e. The van der Waals surface area contributed by atoms with Crippen LogP contribution in [0.5, 0.6) is 0 Å². The Balaban J connectivity index is 2.49. The van der Waals surface area contributed by atoms with Gasteiger partial charge in [-0.1, -0.05) is 0 Å². The van der Waals surface area contributed by atoms with Crippen LogP contribution in [0.2, 0.25) is 0 Å². The number of rotatable bonds is 3. The van der Waals surface area contributed by atoms with Gasteiger partial charge in [0.05, 0.1) is 6.54 Å². The molecule has 6 nitrogen and oxygen atoms in total. The van der Waals surface area contributed by atoms with Crippen LogP contribution in [0.1, 0.15) is 6.42 Å². The molecule has 6 heteroatoms. The maximum atomic E-state index is 11.0. The van der Waals surface area contributed by atoms with Gasteiger partial charge in [0.2, 0.25) is 5.91 Å². The van der Waals surface area contributed by atoms with Crippen LogP contribution >= 0.6 is 0 Å². The SMILES string of the molecule is CNC(=O)CN1CCC(O)(C(N)=O)C1. The molecular formula is C8H15N3O3. The lowest BCUT2D eigenvalue weighted by Crippen LogP contribution is -2.47. The fourth-order valence-electron chi connectivity index (χ4n) is 1.49. The molecule has 1 atom stereocenters. The number of likely N-dealkylation sites (N-methyl/N-ethyl adjacent to an activating group) is 1. The first-order valence-electron chi connectivity index (χ1n) is 4.43. The highest BCUT2D eigenvalue weighted by Gasteiger charge is 2.41. The van der Waals surface area contributed by atoms with Crippen molar-refractivity contribution in [1.29, 1.82) is 0 Å². The number of aliphatic hydroxyl groups is 1. The van der Waals surface area contributed by atoms with E-state index < -0.39 is 11.5 Å². The Morgan fingerprint density at radius 3 is 2.71 bits per heavy atom. The molecule has 14 heavy (non-hydrogen) atoms. The van der Waals surface area contributed by atoms with E-state index in [0.717, 1.165) is 0 Å². The number of amides is 2. The number of hydrogen-bond acceptors (Lipinski definition) is 4. The van der Waals surface area contributed by atoms with Crippen LogP contribution in [0.15, 0.2) is 0 Å². The summed E-state index contributed by atoms with van der Waals surface area (Å²) in [6, 6.07) is 0. The summed E-state index contributed by atoms with van der Waals surface area (Å²) in [6.45, 7) is 0.828. The number of carbonyl (C=O) groups is 2. The second-order valence-electron chi connectivity index (χ2n) is 3.53. The van der Waals surface area contributed by atoms with Crippen LogP contribution in [0.25, 0.3) is 0 Å². The van der Waals surface area contributed by atoms with Gasteiger partial charge in [-0.05, 0) is 6.42 Å². The number of likely N-dealkylation sites (tertiary alicyclic amines) is 1. The van der Waals surface area contributed by atoms with Crippen molar-refractivity contribution in [2.45, 2.75) is 12.0 Å². The summed E-state index contributed by atoms with van der Waals surface area (Å²) in [7, 11) is 1.54. The number of nitrogens with one attached hydrogen (secondary N) is 1. The lowest BCUT2D eigenvalue weighted by molar-refractivity contribution is -0.135. The molecule has 1 heterocycles. The van der Waals surface area contributed by atoms with E-state index in [1.807, 2.05) is 0 Å². The van der Waals surface area contributed by atoms with Crippen molar-refractivity contribution in [3.05, 3.63) is 0 Å². The van der Waals surface area contributed by atoms with Gasteiger partial charge in [0, 0.05) is 20.1 Å². The Kier molecular flexibility index (Phi) is 3.07. The highest BCUT2D eigenvalue weighted by atomic mass is 16.3. The molecule has 0 saturated carbocycles. The summed E-state index contributed by atoms with van der Waals surface area (Å²) in [5.74, 6) is -0.865. The van der Waals surface area contributed by atoms with Gasteiger partial charge < -0.3 is 16.2 Å². The molecule has 2 amide bonds. The van der Waals surface area contributed by atoms with Crippen LogP contribution in [-0.2, 0) is 9.59 Å². The number of β-amino-alcohol motifs (C(OH)–C–C–N with tert-alkyl or cyclic N) is 1. The first kappa shape index (κ1) is 10.9. The number of nitrogens with two attached hydrogens (primary N) is 1. The van der Waals surface area contributed by atoms with Crippen LogP contribution in [-0.4, -0.2) is 54.1 Å². The quantitative estimate of drug-likeness (QED) is 0.476. The second kappa shape index (κ2) is 3.93. The molecule has 0 aliphatic carbocycles. The van der Waals surface area contributed by atoms with Gasteiger partial charge in [0.25, 0.3) is 5.91 Å². The average molecular weight is 201 g/mol. The maximum Gasteiger partial charge on any atom is 0.250 e. The van der Waals surface area contributed by atoms with E-state index >= 15 is 0 Å². The van der Waals surface area contributed by atoms with Crippen molar-refractivity contribution >= 4 is 11.8 Å². The Morgan fingerprint density at radius 2 is 2.29 bits per heavy atom. The van der Waals surface area contributed by atoms with E-state index in [-0.39, 0.29) is 19.0 Å². The molecule has 0 aromatic carbocycles. The summed E-state index contributed by atoms with van der Waals surface area (Å²) >= 11 is 0. The van der Waals surface area contributed by atoms with Gasteiger partial charge in [-0.25, -0.2) is 0 Å². The van der Waals surface area contributed by atoms with Crippen molar-refractivity contribution in [3.8, 4) is 0 Å². The molecule has 0 radical (unpaired) electrons. The minimum Gasteiger partial charge on any atom is -0.379 e. The molecule has 4 N–H and O–H groups in total. The Labute approximate surface area is 82.1 Å². The third-order valence-corrected chi connectivity index (χ3v) is 2.43. The molecule has 0 bridgehead atoms.